The summed E-state index contributed by atoms with van der Waals surface area (Å²) >= 11 is 1.54. The fourth-order valence-corrected chi connectivity index (χ4v) is 6.69. The van der Waals surface area contributed by atoms with Crippen LogP contribution in [0.2, 0.25) is 0 Å². The average molecular weight is 531 g/mol. The number of piperidine rings is 1. The Labute approximate surface area is 211 Å². The van der Waals surface area contributed by atoms with Crippen molar-refractivity contribution in [2.75, 3.05) is 11.6 Å². The maximum Gasteiger partial charge on any atom is 0.278 e. The molecule has 186 valence electrons. The summed E-state index contributed by atoms with van der Waals surface area (Å²) in [7, 11) is 1.99. The van der Waals surface area contributed by atoms with Gasteiger partial charge >= 0.3 is 0 Å². The number of aromatic nitrogens is 1. The first-order valence-electron chi connectivity index (χ1n) is 11.4. The molecule has 1 fully saturated rings. The minimum Gasteiger partial charge on any atom is -0.474 e. The highest BCUT2D eigenvalue weighted by Crippen LogP contribution is 2.46. The van der Waals surface area contributed by atoms with E-state index >= 15 is 0 Å². The van der Waals surface area contributed by atoms with E-state index in [4.69, 9.17) is 4.52 Å². The molecule has 2 aromatic carbocycles. The highest BCUT2D eigenvalue weighted by Gasteiger charge is 2.51. The van der Waals surface area contributed by atoms with Crippen LogP contribution in [-0.2, 0) is 5.75 Å². The minimum absolute atomic E-state index is 0.0305. The van der Waals surface area contributed by atoms with E-state index in [2.05, 4.69) is 0 Å². The van der Waals surface area contributed by atoms with Gasteiger partial charge in [-0.1, -0.05) is 24.3 Å². The molecule has 0 bridgehead atoms. The number of benzene rings is 2. The summed E-state index contributed by atoms with van der Waals surface area (Å²) < 4.78 is 50.7. The number of alkyl halides is 2. The standard InChI is InChI=1S/C25H21F3N3O3PS/c26-15-5-6-16-14(11-15)13-36-19-4-2-1-3-17(19)21(16)31-20-12-25(27,28)8-10-29(20)24(33)22-23(34-35)18(32)7-9-30(22)31/h1-7,9,11,20-21H,8,10,12-13,35H2/t20-,21+/m1/s1. The Morgan fingerprint density at radius 1 is 1.08 bits per heavy atom. The van der Waals surface area contributed by atoms with Crippen molar-refractivity contribution < 1.29 is 22.5 Å². The van der Waals surface area contributed by atoms with E-state index in [0.717, 1.165) is 21.6 Å². The van der Waals surface area contributed by atoms with E-state index in [9.17, 15) is 22.8 Å². The van der Waals surface area contributed by atoms with E-state index in [1.165, 1.54) is 34.0 Å². The smallest absolute Gasteiger partial charge is 0.278 e. The summed E-state index contributed by atoms with van der Waals surface area (Å²) in [5.74, 6) is -3.60. The number of carbonyl (C=O) groups is 1. The maximum absolute atomic E-state index is 14.8. The molecule has 0 N–H and O–H groups in total. The van der Waals surface area contributed by atoms with Crippen molar-refractivity contribution in [1.82, 2.24) is 9.58 Å². The molecular formula is C25H21F3N3O3PS. The number of nitrogens with zero attached hydrogens (tertiary/aromatic N) is 3. The summed E-state index contributed by atoms with van der Waals surface area (Å²) in [6.07, 6.45) is -0.635. The van der Waals surface area contributed by atoms with Gasteiger partial charge in [-0.05, 0) is 34.9 Å². The van der Waals surface area contributed by atoms with Crippen LogP contribution in [0.4, 0.5) is 13.2 Å². The van der Waals surface area contributed by atoms with Gasteiger partial charge in [0.05, 0.1) is 21.9 Å². The highest BCUT2D eigenvalue weighted by molar-refractivity contribution is 7.98. The normalized spacial score (nSPS) is 22.2. The SMILES string of the molecule is O=C1c2c(OP)c(=O)ccn2N([C@H]2c3ccc(F)cc3CSc3ccccc32)[C@@H]2CC(F)(F)CCN12. The molecule has 6 nitrogen and oxygen atoms in total. The van der Waals surface area contributed by atoms with Gasteiger partial charge in [-0.15, -0.1) is 11.8 Å². The molecule has 1 amide bonds. The molecule has 3 aromatic rings. The number of halogens is 3. The lowest BCUT2D eigenvalue weighted by atomic mass is 9.91. The van der Waals surface area contributed by atoms with Crippen LogP contribution in [0.25, 0.3) is 0 Å². The van der Waals surface area contributed by atoms with E-state index in [-0.39, 0.29) is 23.8 Å². The van der Waals surface area contributed by atoms with Crippen molar-refractivity contribution in [2.45, 2.75) is 41.6 Å². The fourth-order valence-electron chi connectivity index (χ4n) is 5.38. The molecule has 11 heteroatoms. The van der Waals surface area contributed by atoms with E-state index in [1.807, 2.05) is 33.7 Å². The first-order chi connectivity index (χ1) is 17.3. The van der Waals surface area contributed by atoms with Gasteiger partial charge in [0.2, 0.25) is 11.2 Å². The van der Waals surface area contributed by atoms with Crippen molar-refractivity contribution in [3.05, 3.63) is 93.2 Å². The molecule has 0 radical (unpaired) electrons. The Morgan fingerprint density at radius 3 is 2.69 bits per heavy atom. The lowest BCUT2D eigenvalue weighted by Crippen LogP contribution is -2.66. The van der Waals surface area contributed by atoms with Gasteiger partial charge in [0.15, 0.2) is 5.69 Å². The van der Waals surface area contributed by atoms with Crippen LogP contribution in [0.1, 0.15) is 46.1 Å². The third kappa shape index (κ3) is 3.61. The molecule has 1 saturated heterocycles. The molecule has 3 aliphatic rings. The first-order valence-corrected chi connectivity index (χ1v) is 12.8. The van der Waals surface area contributed by atoms with Crippen molar-refractivity contribution in [1.29, 1.82) is 0 Å². The number of rotatable bonds is 2. The second kappa shape index (κ2) is 8.56. The predicted molar refractivity (Wildman–Crippen MR) is 133 cm³/mol. The van der Waals surface area contributed by atoms with E-state index in [0.29, 0.717) is 5.75 Å². The van der Waals surface area contributed by atoms with Crippen LogP contribution in [-0.4, -0.2) is 34.1 Å². The predicted octanol–water partition coefficient (Wildman–Crippen LogP) is 4.70. The number of thioether (sulfide) groups is 1. The Morgan fingerprint density at radius 2 is 1.89 bits per heavy atom. The Bertz CT molecular complexity index is 1450. The quantitative estimate of drug-likeness (QED) is 0.449. The van der Waals surface area contributed by atoms with Crippen LogP contribution in [0, 0.1) is 5.82 Å². The Balaban J connectivity index is 1.67. The number of carbonyl (C=O) groups excluding carboxylic acids is 1. The van der Waals surface area contributed by atoms with Crippen LogP contribution in [0.5, 0.6) is 5.75 Å². The molecule has 1 aromatic heterocycles. The van der Waals surface area contributed by atoms with Crippen molar-refractivity contribution >= 4 is 27.1 Å². The monoisotopic (exact) mass is 531 g/mol. The molecule has 1 unspecified atom stereocenters. The number of hydrogen-bond acceptors (Lipinski definition) is 5. The molecule has 0 aliphatic carbocycles. The molecule has 0 spiro atoms. The minimum atomic E-state index is -2.99. The first kappa shape index (κ1) is 23.4. The van der Waals surface area contributed by atoms with Crippen LogP contribution in [0.3, 0.4) is 0 Å². The zero-order chi connectivity index (χ0) is 25.2. The van der Waals surface area contributed by atoms with Gasteiger partial charge in [-0.3, -0.25) is 19.3 Å². The van der Waals surface area contributed by atoms with Crippen molar-refractivity contribution in [3.63, 3.8) is 0 Å². The van der Waals surface area contributed by atoms with Gasteiger partial charge < -0.3 is 9.42 Å². The largest absolute Gasteiger partial charge is 0.474 e. The molecule has 0 saturated carbocycles. The topological polar surface area (TPSA) is 54.8 Å². The third-order valence-electron chi connectivity index (χ3n) is 6.99. The summed E-state index contributed by atoms with van der Waals surface area (Å²) in [5, 5.41) is 1.72. The Hall–Kier alpha value is -2.97. The highest BCUT2D eigenvalue weighted by atomic mass is 32.2. The molecular weight excluding hydrogens is 510 g/mol. The summed E-state index contributed by atoms with van der Waals surface area (Å²) in [5.41, 5.74) is 1.79. The summed E-state index contributed by atoms with van der Waals surface area (Å²) in [6.45, 7) is -0.175. The number of amides is 1. The molecule has 3 atom stereocenters. The van der Waals surface area contributed by atoms with Crippen LogP contribution < -0.4 is 15.0 Å². The van der Waals surface area contributed by atoms with Crippen LogP contribution >= 0.6 is 21.2 Å². The zero-order valence-electron chi connectivity index (χ0n) is 18.9. The lowest BCUT2D eigenvalue weighted by Gasteiger charge is -2.53. The number of hydrogen-bond donors (Lipinski definition) is 0. The maximum atomic E-state index is 14.8. The second-order valence-electron chi connectivity index (χ2n) is 9.06. The molecule has 3 aliphatic heterocycles. The summed E-state index contributed by atoms with van der Waals surface area (Å²) in [4.78, 5) is 28.5. The fraction of sp³-hybridized carbons (Fsp3) is 0.280. The van der Waals surface area contributed by atoms with Crippen molar-refractivity contribution in [3.8, 4) is 5.75 Å². The van der Waals surface area contributed by atoms with Gasteiger partial charge in [-0.25, -0.2) is 13.2 Å². The van der Waals surface area contributed by atoms with Gasteiger partial charge in [-0.2, -0.15) is 0 Å². The molecule has 4 heterocycles. The Kier molecular flexibility index (Phi) is 5.57. The number of pyridine rings is 1. The summed E-state index contributed by atoms with van der Waals surface area (Å²) in [6, 6.07) is 12.7. The van der Waals surface area contributed by atoms with Crippen LogP contribution in [0.15, 0.2) is 64.4 Å². The number of fused-ring (bicyclic) bond motifs is 4. The van der Waals surface area contributed by atoms with Gasteiger partial charge in [0.1, 0.15) is 12.0 Å². The second-order valence-corrected chi connectivity index (χ2v) is 10.3. The van der Waals surface area contributed by atoms with Crippen molar-refractivity contribution in [2.24, 2.45) is 0 Å². The molecule has 6 rings (SSSR count). The van der Waals surface area contributed by atoms with Gasteiger partial charge in [0.25, 0.3) is 11.8 Å². The van der Waals surface area contributed by atoms with Gasteiger partial charge in [0, 0.05) is 35.9 Å². The average Bonchev–Trinajstić information content (AvgIpc) is 3.00. The lowest BCUT2D eigenvalue weighted by molar-refractivity contribution is -0.0784. The zero-order valence-corrected chi connectivity index (χ0v) is 20.8. The third-order valence-corrected chi connectivity index (χ3v) is 8.36. The van der Waals surface area contributed by atoms with E-state index < -0.39 is 42.3 Å². The van der Waals surface area contributed by atoms with E-state index in [1.54, 1.807) is 22.8 Å². The molecule has 36 heavy (non-hydrogen) atoms.